The molecule has 0 heterocycles. The van der Waals surface area contributed by atoms with Crippen LogP contribution in [0.5, 0.6) is 0 Å². The smallest absolute Gasteiger partial charge is 0.0992 e. The van der Waals surface area contributed by atoms with Gasteiger partial charge in [0.05, 0.1) is 11.6 Å². The van der Waals surface area contributed by atoms with Crippen LogP contribution in [0.4, 0.5) is 5.69 Å². The van der Waals surface area contributed by atoms with Gasteiger partial charge in [-0.1, -0.05) is 36.4 Å². The van der Waals surface area contributed by atoms with E-state index in [1.165, 1.54) is 31.2 Å². The minimum absolute atomic E-state index is 0.527. The number of nitrogens with zero attached hydrogens (tertiary/aromatic N) is 1. The lowest BCUT2D eigenvalue weighted by Crippen LogP contribution is -2.25. The fourth-order valence-corrected chi connectivity index (χ4v) is 3.21. The molecule has 2 nitrogen and oxygen atoms in total. The van der Waals surface area contributed by atoms with Gasteiger partial charge < -0.3 is 5.32 Å². The Kier molecular flexibility index (Phi) is 4.21. The molecule has 1 fully saturated rings. The average molecular weight is 276 g/mol. The van der Waals surface area contributed by atoms with Gasteiger partial charge in [-0.15, -0.1) is 0 Å². The van der Waals surface area contributed by atoms with Gasteiger partial charge >= 0.3 is 0 Å². The minimum Gasteiger partial charge on any atom is -0.382 e. The van der Waals surface area contributed by atoms with Gasteiger partial charge in [0.2, 0.25) is 0 Å². The molecule has 21 heavy (non-hydrogen) atoms. The molecule has 1 N–H and O–H groups in total. The van der Waals surface area contributed by atoms with Gasteiger partial charge in [0, 0.05) is 11.7 Å². The molecule has 0 radical (unpaired) electrons. The van der Waals surface area contributed by atoms with Gasteiger partial charge in [0.15, 0.2) is 0 Å². The van der Waals surface area contributed by atoms with Crippen molar-refractivity contribution < 1.29 is 0 Å². The number of hydrogen-bond donors (Lipinski definition) is 1. The van der Waals surface area contributed by atoms with Crippen LogP contribution in [0.2, 0.25) is 0 Å². The second-order valence-electron chi connectivity index (χ2n) is 5.80. The Balaban J connectivity index is 1.57. The van der Waals surface area contributed by atoms with Gasteiger partial charge in [-0.25, -0.2) is 0 Å². The highest BCUT2D eigenvalue weighted by Crippen LogP contribution is 2.33. The van der Waals surface area contributed by atoms with Crippen molar-refractivity contribution in [3.05, 3.63) is 65.7 Å². The maximum atomic E-state index is 8.95. The van der Waals surface area contributed by atoms with Gasteiger partial charge in [-0.3, -0.25) is 0 Å². The van der Waals surface area contributed by atoms with Crippen LogP contribution in [-0.2, 0) is 0 Å². The van der Waals surface area contributed by atoms with Crippen LogP contribution in [0.1, 0.15) is 42.7 Å². The van der Waals surface area contributed by atoms with E-state index >= 15 is 0 Å². The highest BCUT2D eigenvalue weighted by Gasteiger charge is 2.22. The Labute approximate surface area is 126 Å². The molecule has 106 valence electrons. The average Bonchev–Trinajstić information content (AvgIpc) is 2.56. The van der Waals surface area contributed by atoms with Crippen molar-refractivity contribution in [1.29, 1.82) is 5.26 Å². The molecule has 0 aliphatic heterocycles. The lowest BCUT2D eigenvalue weighted by atomic mass is 9.82. The van der Waals surface area contributed by atoms with Crippen molar-refractivity contribution in [3.8, 4) is 6.07 Å². The highest BCUT2D eigenvalue weighted by atomic mass is 14.9. The molecule has 0 aromatic heterocycles. The van der Waals surface area contributed by atoms with Crippen molar-refractivity contribution in [3.63, 3.8) is 0 Å². The summed E-state index contributed by atoms with van der Waals surface area (Å²) in [6.07, 6.45) is 4.85. The van der Waals surface area contributed by atoms with Gasteiger partial charge in [-0.2, -0.15) is 5.26 Å². The molecule has 3 rings (SSSR count). The Bertz CT molecular complexity index is 620. The summed E-state index contributed by atoms with van der Waals surface area (Å²) in [5, 5.41) is 12.5. The third-order valence-corrected chi connectivity index (χ3v) is 4.36. The molecular formula is C19H20N2. The summed E-state index contributed by atoms with van der Waals surface area (Å²) in [6, 6.07) is 21.3. The van der Waals surface area contributed by atoms with Gasteiger partial charge in [0.25, 0.3) is 0 Å². The van der Waals surface area contributed by atoms with E-state index in [0.717, 1.165) is 11.3 Å². The normalized spacial score (nSPS) is 21.5. The molecule has 0 spiro atoms. The van der Waals surface area contributed by atoms with E-state index in [1.54, 1.807) is 0 Å². The molecule has 1 aliphatic rings. The zero-order valence-corrected chi connectivity index (χ0v) is 12.1. The second kappa shape index (κ2) is 6.45. The van der Waals surface area contributed by atoms with Crippen LogP contribution in [0.25, 0.3) is 0 Å². The number of hydrogen-bond acceptors (Lipinski definition) is 2. The number of nitrogens with one attached hydrogen (secondary N) is 1. The number of rotatable bonds is 3. The van der Waals surface area contributed by atoms with Crippen LogP contribution in [-0.4, -0.2) is 6.04 Å². The molecule has 2 heteroatoms. The van der Waals surface area contributed by atoms with Crippen LogP contribution in [0.15, 0.2) is 54.6 Å². The predicted molar refractivity (Wildman–Crippen MR) is 86.2 cm³/mol. The number of benzene rings is 2. The molecule has 2 aromatic rings. The third-order valence-electron chi connectivity index (χ3n) is 4.36. The van der Waals surface area contributed by atoms with E-state index in [9.17, 15) is 0 Å². The summed E-state index contributed by atoms with van der Waals surface area (Å²) in [6.45, 7) is 0. The molecule has 0 unspecified atom stereocenters. The summed E-state index contributed by atoms with van der Waals surface area (Å²) in [5.74, 6) is 0.703. The van der Waals surface area contributed by atoms with E-state index in [2.05, 4.69) is 41.7 Å². The first-order chi connectivity index (χ1) is 10.3. The topological polar surface area (TPSA) is 35.8 Å². The summed E-state index contributed by atoms with van der Waals surface area (Å²) >= 11 is 0. The number of anilines is 1. The maximum Gasteiger partial charge on any atom is 0.0992 e. The van der Waals surface area contributed by atoms with Crippen LogP contribution in [0.3, 0.4) is 0 Å². The van der Waals surface area contributed by atoms with E-state index < -0.39 is 0 Å². The first kappa shape index (κ1) is 13.7. The van der Waals surface area contributed by atoms with Crippen LogP contribution in [0, 0.1) is 11.3 Å². The first-order valence-electron chi connectivity index (χ1n) is 7.67. The summed E-state index contributed by atoms with van der Waals surface area (Å²) in [5.41, 5.74) is 3.26. The second-order valence-corrected chi connectivity index (χ2v) is 5.80. The van der Waals surface area contributed by atoms with Crippen molar-refractivity contribution in [2.24, 2.45) is 0 Å². The van der Waals surface area contributed by atoms with Crippen molar-refractivity contribution >= 4 is 5.69 Å². The molecule has 1 aliphatic carbocycles. The summed E-state index contributed by atoms with van der Waals surface area (Å²) in [7, 11) is 0. The fourth-order valence-electron chi connectivity index (χ4n) is 3.21. The summed E-state index contributed by atoms with van der Waals surface area (Å²) < 4.78 is 0. The molecule has 0 saturated heterocycles. The maximum absolute atomic E-state index is 8.95. The standard InChI is InChI=1S/C19H20N2/c20-14-15-5-4-8-19(13-15)21-18-11-9-17(10-12-18)16-6-2-1-3-7-16/h1-8,13,17-18,21H,9-12H2. The van der Waals surface area contributed by atoms with Crippen LogP contribution < -0.4 is 5.32 Å². The van der Waals surface area contributed by atoms with E-state index in [0.29, 0.717) is 12.0 Å². The Morgan fingerprint density at radius 1 is 0.905 bits per heavy atom. The van der Waals surface area contributed by atoms with Crippen molar-refractivity contribution in [2.75, 3.05) is 5.32 Å². The van der Waals surface area contributed by atoms with E-state index in [1.807, 2.05) is 24.3 Å². The Morgan fingerprint density at radius 3 is 2.38 bits per heavy atom. The highest BCUT2D eigenvalue weighted by molar-refractivity contribution is 5.49. The minimum atomic E-state index is 0.527. The third kappa shape index (κ3) is 3.44. The first-order valence-corrected chi connectivity index (χ1v) is 7.67. The molecular weight excluding hydrogens is 256 g/mol. The molecule has 0 bridgehead atoms. The zero-order valence-electron chi connectivity index (χ0n) is 12.1. The SMILES string of the molecule is N#Cc1cccc(NC2CCC(c3ccccc3)CC2)c1. The fraction of sp³-hybridized carbons (Fsp3) is 0.316. The molecule has 0 amide bonds. The Hall–Kier alpha value is -2.27. The lowest BCUT2D eigenvalue weighted by molar-refractivity contribution is 0.412. The zero-order chi connectivity index (χ0) is 14.5. The Morgan fingerprint density at radius 2 is 1.67 bits per heavy atom. The van der Waals surface area contributed by atoms with E-state index in [-0.39, 0.29) is 0 Å². The predicted octanol–water partition coefficient (Wildman–Crippen LogP) is 4.70. The van der Waals surface area contributed by atoms with Gasteiger partial charge in [-0.05, 0) is 55.4 Å². The molecule has 0 atom stereocenters. The van der Waals surface area contributed by atoms with E-state index in [4.69, 9.17) is 5.26 Å². The lowest BCUT2D eigenvalue weighted by Gasteiger charge is -2.30. The molecule has 2 aromatic carbocycles. The molecule has 1 saturated carbocycles. The quantitative estimate of drug-likeness (QED) is 0.882. The van der Waals surface area contributed by atoms with Crippen molar-refractivity contribution in [2.45, 2.75) is 37.6 Å². The summed E-state index contributed by atoms with van der Waals surface area (Å²) in [4.78, 5) is 0. The van der Waals surface area contributed by atoms with Crippen LogP contribution >= 0.6 is 0 Å². The monoisotopic (exact) mass is 276 g/mol. The number of nitriles is 1. The van der Waals surface area contributed by atoms with Crippen molar-refractivity contribution in [1.82, 2.24) is 0 Å². The van der Waals surface area contributed by atoms with Gasteiger partial charge in [0.1, 0.15) is 0 Å². The largest absolute Gasteiger partial charge is 0.382 e.